The van der Waals surface area contributed by atoms with Gasteiger partial charge in [0.2, 0.25) is 23.6 Å². The predicted molar refractivity (Wildman–Crippen MR) is 133 cm³/mol. The van der Waals surface area contributed by atoms with Gasteiger partial charge in [-0.05, 0) is 11.6 Å². The van der Waals surface area contributed by atoms with Crippen LogP contribution in [0.3, 0.4) is 0 Å². The lowest BCUT2D eigenvalue weighted by Crippen LogP contribution is -2.58. The maximum Gasteiger partial charge on any atom is 0.326 e. The van der Waals surface area contributed by atoms with Gasteiger partial charge in [-0.1, -0.05) is 18.2 Å². The molecule has 37 heavy (non-hydrogen) atoms. The van der Waals surface area contributed by atoms with E-state index in [1.54, 1.807) is 30.5 Å². The smallest absolute Gasteiger partial charge is 0.326 e. The summed E-state index contributed by atoms with van der Waals surface area (Å²) < 4.78 is 0. The maximum atomic E-state index is 12.8. The van der Waals surface area contributed by atoms with Crippen molar-refractivity contribution in [3.63, 3.8) is 0 Å². The second-order valence-electron chi connectivity index (χ2n) is 8.14. The molecule has 15 heteroatoms. The Hall–Kier alpha value is -4.11. The van der Waals surface area contributed by atoms with Crippen LogP contribution in [0.5, 0.6) is 0 Å². The minimum absolute atomic E-state index is 0.119. The Balaban J connectivity index is 2.13. The number of nitrogens with one attached hydrogen (secondary N) is 4. The highest BCUT2D eigenvalue weighted by molar-refractivity contribution is 7.80. The lowest BCUT2D eigenvalue weighted by molar-refractivity contribution is -0.143. The third-order valence-corrected chi connectivity index (χ3v) is 5.66. The average molecular weight is 537 g/mol. The Labute approximate surface area is 215 Å². The molecular formula is C22H28N6O8S. The Kier molecular flexibility index (Phi) is 10.4. The zero-order chi connectivity index (χ0) is 27.7. The van der Waals surface area contributed by atoms with Gasteiger partial charge in [0.1, 0.15) is 18.1 Å². The molecule has 4 unspecified atom stereocenters. The SMILES string of the molecule is NC(=O)CC(N)C(=O)NC(CS)C(=O)NC(CC(=O)O)C(=O)NC(Cc1c[nH]c2ccccc12)C(=O)O. The number of aromatic amines is 1. The molecule has 0 aliphatic carbocycles. The zero-order valence-corrected chi connectivity index (χ0v) is 20.4. The Morgan fingerprint density at radius 1 is 0.892 bits per heavy atom. The standard InChI is InChI=1S/C22H28N6O8S/c23-12(6-17(24)29)19(32)28-16(9-37)21(34)26-14(7-18(30)31)20(33)27-15(22(35)36)5-10-8-25-13-4-2-1-3-11(10)13/h1-4,8,12,14-16,25,37H,5-7,9,23H2,(H2,24,29)(H,26,34)(H,27,33)(H,28,32)(H,30,31)(H,35,36). The van der Waals surface area contributed by atoms with Crippen molar-refractivity contribution in [2.24, 2.45) is 11.5 Å². The molecule has 0 bridgehead atoms. The number of primary amides is 1. The number of carboxylic acids is 2. The number of aliphatic carboxylic acids is 2. The number of carboxylic acid groups (broad SMARTS) is 2. The summed E-state index contributed by atoms with van der Waals surface area (Å²) in [5.41, 5.74) is 11.9. The van der Waals surface area contributed by atoms with Crippen LogP contribution in [-0.2, 0) is 35.2 Å². The Bertz CT molecular complexity index is 1180. The second kappa shape index (κ2) is 13.3. The van der Waals surface area contributed by atoms with Crippen molar-refractivity contribution in [3.05, 3.63) is 36.0 Å². The molecule has 0 aliphatic heterocycles. The molecule has 200 valence electrons. The molecule has 0 saturated carbocycles. The van der Waals surface area contributed by atoms with Crippen LogP contribution >= 0.6 is 12.6 Å². The van der Waals surface area contributed by atoms with Gasteiger partial charge in [-0.2, -0.15) is 12.6 Å². The van der Waals surface area contributed by atoms with Gasteiger partial charge in [-0.15, -0.1) is 0 Å². The number of carbonyl (C=O) groups is 6. The number of aromatic nitrogens is 1. The number of benzene rings is 1. The van der Waals surface area contributed by atoms with E-state index >= 15 is 0 Å². The van der Waals surface area contributed by atoms with Gasteiger partial charge in [0.05, 0.1) is 18.9 Å². The molecule has 0 fully saturated rings. The number of fused-ring (bicyclic) bond motifs is 1. The lowest BCUT2D eigenvalue weighted by Gasteiger charge is -2.23. The van der Waals surface area contributed by atoms with Gasteiger partial charge in [0.15, 0.2) is 0 Å². The predicted octanol–water partition coefficient (Wildman–Crippen LogP) is -2.14. The summed E-state index contributed by atoms with van der Waals surface area (Å²) in [6.07, 6.45) is 0.132. The number of rotatable bonds is 14. The minimum Gasteiger partial charge on any atom is -0.481 e. The van der Waals surface area contributed by atoms with E-state index in [1.807, 2.05) is 0 Å². The first-order valence-electron chi connectivity index (χ1n) is 11.0. The molecule has 1 aromatic heterocycles. The maximum absolute atomic E-state index is 12.8. The molecule has 0 spiro atoms. The molecule has 0 radical (unpaired) electrons. The van der Waals surface area contributed by atoms with Crippen molar-refractivity contribution < 1.29 is 39.0 Å². The number of hydrogen-bond acceptors (Lipinski definition) is 8. The van der Waals surface area contributed by atoms with Gasteiger partial charge < -0.3 is 42.6 Å². The quantitative estimate of drug-likeness (QED) is 0.119. The van der Waals surface area contributed by atoms with E-state index in [1.165, 1.54) is 0 Å². The first kappa shape index (κ1) is 29.1. The van der Waals surface area contributed by atoms with E-state index in [-0.39, 0.29) is 12.2 Å². The third-order valence-electron chi connectivity index (χ3n) is 5.30. The van der Waals surface area contributed by atoms with E-state index < -0.39 is 72.6 Å². The number of thiol groups is 1. The highest BCUT2D eigenvalue weighted by atomic mass is 32.1. The fraction of sp³-hybridized carbons (Fsp3) is 0.364. The molecule has 4 amide bonds. The number of nitrogens with two attached hydrogens (primary N) is 2. The van der Waals surface area contributed by atoms with Crippen molar-refractivity contribution in [2.75, 3.05) is 5.75 Å². The topological polar surface area (TPSA) is 247 Å². The molecule has 1 heterocycles. The van der Waals surface area contributed by atoms with Crippen LogP contribution in [0, 0.1) is 0 Å². The largest absolute Gasteiger partial charge is 0.481 e. The van der Waals surface area contributed by atoms with Crippen LogP contribution in [0.4, 0.5) is 0 Å². The normalized spacial score (nSPS) is 14.1. The van der Waals surface area contributed by atoms with Crippen molar-refractivity contribution in [1.29, 1.82) is 0 Å². The van der Waals surface area contributed by atoms with Crippen molar-refractivity contribution in [3.8, 4) is 0 Å². The molecule has 1 aromatic carbocycles. The molecule has 4 atom stereocenters. The first-order valence-corrected chi connectivity index (χ1v) is 11.6. The van der Waals surface area contributed by atoms with Gasteiger partial charge in [-0.3, -0.25) is 24.0 Å². The molecule has 14 nitrogen and oxygen atoms in total. The van der Waals surface area contributed by atoms with Crippen LogP contribution in [0.15, 0.2) is 30.5 Å². The van der Waals surface area contributed by atoms with Crippen molar-refractivity contribution >= 4 is 59.1 Å². The summed E-state index contributed by atoms with van der Waals surface area (Å²) in [7, 11) is 0. The third kappa shape index (κ3) is 8.50. The molecule has 0 aliphatic rings. The van der Waals surface area contributed by atoms with E-state index in [9.17, 15) is 39.0 Å². The van der Waals surface area contributed by atoms with Crippen LogP contribution in [-0.4, -0.2) is 80.7 Å². The van der Waals surface area contributed by atoms with Crippen molar-refractivity contribution in [1.82, 2.24) is 20.9 Å². The van der Waals surface area contributed by atoms with Crippen LogP contribution in [0.2, 0.25) is 0 Å². The van der Waals surface area contributed by atoms with Crippen LogP contribution < -0.4 is 27.4 Å². The Morgan fingerprint density at radius 3 is 2.08 bits per heavy atom. The summed E-state index contributed by atoms with van der Waals surface area (Å²) in [6, 6.07) is 1.33. The van der Waals surface area contributed by atoms with Gasteiger partial charge in [-0.25, -0.2) is 4.79 Å². The Morgan fingerprint density at radius 2 is 1.49 bits per heavy atom. The molecule has 10 N–H and O–H groups in total. The number of amides is 4. The molecule has 2 rings (SSSR count). The van der Waals surface area contributed by atoms with Crippen LogP contribution in [0.1, 0.15) is 18.4 Å². The number of H-pyrrole nitrogens is 1. The molecular weight excluding hydrogens is 508 g/mol. The summed E-state index contributed by atoms with van der Waals surface area (Å²) in [5.74, 6) is -6.84. The highest BCUT2D eigenvalue weighted by Crippen LogP contribution is 2.19. The number of hydrogen-bond donors (Lipinski definition) is 9. The first-order chi connectivity index (χ1) is 17.4. The summed E-state index contributed by atoms with van der Waals surface area (Å²) in [4.78, 5) is 74.8. The summed E-state index contributed by atoms with van der Waals surface area (Å²) in [6.45, 7) is 0. The minimum atomic E-state index is -1.67. The average Bonchev–Trinajstić information content (AvgIpc) is 3.23. The fourth-order valence-corrected chi connectivity index (χ4v) is 3.69. The lowest BCUT2D eigenvalue weighted by atomic mass is 10.0. The fourth-order valence-electron chi connectivity index (χ4n) is 3.43. The summed E-state index contributed by atoms with van der Waals surface area (Å²) in [5, 5.41) is 26.3. The monoisotopic (exact) mass is 536 g/mol. The second-order valence-corrected chi connectivity index (χ2v) is 8.51. The van der Waals surface area contributed by atoms with E-state index in [0.717, 1.165) is 10.9 Å². The van der Waals surface area contributed by atoms with Gasteiger partial charge in [0.25, 0.3) is 0 Å². The summed E-state index contributed by atoms with van der Waals surface area (Å²) >= 11 is 3.97. The van der Waals surface area contributed by atoms with E-state index in [0.29, 0.717) is 5.56 Å². The van der Waals surface area contributed by atoms with Crippen molar-refractivity contribution in [2.45, 2.75) is 43.4 Å². The van der Waals surface area contributed by atoms with Crippen LogP contribution in [0.25, 0.3) is 10.9 Å². The highest BCUT2D eigenvalue weighted by Gasteiger charge is 2.31. The van der Waals surface area contributed by atoms with Gasteiger partial charge in [0, 0.05) is 29.3 Å². The van der Waals surface area contributed by atoms with E-state index in [2.05, 4.69) is 33.6 Å². The molecule has 0 saturated heterocycles. The zero-order valence-electron chi connectivity index (χ0n) is 19.5. The number of para-hydroxylation sites is 1. The number of carbonyl (C=O) groups excluding carboxylic acids is 4. The molecule has 2 aromatic rings. The van der Waals surface area contributed by atoms with Gasteiger partial charge >= 0.3 is 11.9 Å². The van der Waals surface area contributed by atoms with E-state index in [4.69, 9.17) is 11.5 Å².